The number of hydrogen-bond acceptors (Lipinski definition) is 6. The first kappa shape index (κ1) is 19.2. The summed E-state index contributed by atoms with van der Waals surface area (Å²) in [4.78, 5) is 16.3. The Labute approximate surface area is 182 Å². The minimum atomic E-state index is -0.127. The maximum Gasteiger partial charge on any atom is 0.221 e. The van der Waals surface area contributed by atoms with Gasteiger partial charge in [0.15, 0.2) is 0 Å². The lowest BCUT2D eigenvalue weighted by Gasteiger charge is -2.10. The molecule has 0 aliphatic rings. The molecule has 2 heterocycles. The second kappa shape index (κ2) is 8.16. The molecule has 0 fully saturated rings. The number of amides is 1. The monoisotopic (exact) mass is 426 g/mol. The van der Waals surface area contributed by atoms with Gasteiger partial charge >= 0.3 is 0 Å². The number of thioether (sulfide) groups is 1. The van der Waals surface area contributed by atoms with Gasteiger partial charge in [-0.3, -0.25) is 9.78 Å². The normalized spacial score (nSPS) is 11.1. The number of carbonyl (C=O) groups is 1. The molecule has 0 aliphatic carbocycles. The van der Waals surface area contributed by atoms with Crippen molar-refractivity contribution in [2.75, 3.05) is 5.32 Å². The molecule has 152 valence electrons. The van der Waals surface area contributed by atoms with E-state index in [4.69, 9.17) is 4.98 Å². The van der Waals surface area contributed by atoms with E-state index >= 15 is 0 Å². The maximum absolute atomic E-state index is 11.4. The number of para-hydroxylation sites is 1. The highest BCUT2D eigenvalue weighted by Crippen LogP contribution is 2.30. The van der Waals surface area contributed by atoms with E-state index in [2.05, 4.69) is 39.0 Å². The van der Waals surface area contributed by atoms with Gasteiger partial charge in [-0.05, 0) is 40.1 Å². The molecule has 5 rings (SSSR count). The van der Waals surface area contributed by atoms with Gasteiger partial charge in [0, 0.05) is 29.1 Å². The van der Waals surface area contributed by atoms with Gasteiger partial charge in [0.05, 0.1) is 16.9 Å². The van der Waals surface area contributed by atoms with Crippen LogP contribution in [-0.2, 0) is 10.5 Å². The molecule has 0 unspecified atom stereocenters. The zero-order valence-electron chi connectivity index (χ0n) is 16.7. The van der Waals surface area contributed by atoms with Crippen LogP contribution in [0.3, 0.4) is 0 Å². The van der Waals surface area contributed by atoms with E-state index in [1.54, 1.807) is 4.68 Å². The number of nitrogens with zero attached hydrogens (tertiary/aromatic N) is 5. The van der Waals surface area contributed by atoms with Crippen LogP contribution in [0.4, 0.5) is 5.69 Å². The summed E-state index contributed by atoms with van der Waals surface area (Å²) in [6.07, 6.45) is 0. The van der Waals surface area contributed by atoms with Crippen molar-refractivity contribution in [3.05, 3.63) is 78.5 Å². The van der Waals surface area contributed by atoms with Crippen molar-refractivity contribution in [2.24, 2.45) is 0 Å². The molecule has 0 saturated heterocycles. The molecule has 1 amide bonds. The number of aromatic nitrogens is 5. The van der Waals surface area contributed by atoms with Crippen LogP contribution in [0.25, 0.3) is 27.4 Å². The average molecular weight is 427 g/mol. The van der Waals surface area contributed by atoms with Crippen LogP contribution in [0.1, 0.15) is 12.6 Å². The predicted octanol–water partition coefficient (Wildman–Crippen LogP) is 4.61. The minimum absolute atomic E-state index is 0.127. The van der Waals surface area contributed by atoms with E-state index in [0.29, 0.717) is 16.6 Å². The van der Waals surface area contributed by atoms with E-state index in [9.17, 15) is 4.79 Å². The summed E-state index contributed by atoms with van der Waals surface area (Å²) in [5, 5.41) is 19.1. The number of carbonyl (C=O) groups excluding carboxylic acids is 1. The fraction of sp³-hybridized carbons (Fsp3) is 0.0870. The van der Waals surface area contributed by atoms with Crippen molar-refractivity contribution in [3.63, 3.8) is 0 Å². The Bertz CT molecular complexity index is 1410. The zero-order valence-corrected chi connectivity index (χ0v) is 17.5. The molecule has 2 aromatic heterocycles. The third-order valence-corrected chi connectivity index (χ3v) is 5.81. The van der Waals surface area contributed by atoms with E-state index < -0.39 is 0 Å². The van der Waals surface area contributed by atoms with Crippen molar-refractivity contribution >= 4 is 45.0 Å². The van der Waals surface area contributed by atoms with Crippen molar-refractivity contribution < 1.29 is 4.79 Å². The summed E-state index contributed by atoms with van der Waals surface area (Å²) >= 11 is 1.52. The molecule has 8 heteroatoms. The fourth-order valence-electron chi connectivity index (χ4n) is 3.57. The van der Waals surface area contributed by atoms with Crippen LogP contribution in [0.5, 0.6) is 0 Å². The van der Waals surface area contributed by atoms with Crippen molar-refractivity contribution in [1.82, 2.24) is 25.2 Å². The van der Waals surface area contributed by atoms with Crippen LogP contribution in [0, 0.1) is 0 Å². The first-order valence-electron chi connectivity index (χ1n) is 9.74. The number of tetrazole rings is 1. The van der Waals surface area contributed by atoms with Crippen molar-refractivity contribution in [2.45, 2.75) is 17.8 Å². The summed E-state index contributed by atoms with van der Waals surface area (Å²) in [5.41, 5.74) is 3.42. The van der Waals surface area contributed by atoms with Crippen LogP contribution in [-0.4, -0.2) is 31.1 Å². The van der Waals surface area contributed by atoms with Gasteiger partial charge in [-0.2, -0.15) is 4.68 Å². The summed E-state index contributed by atoms with van der Waals surface area (Å²) < 4.78 is 1.67. The number of benzene rings is 3. The number of pyridine rings is 1. The van der Waals surface area contributed by atoms with Crippen molar-refractivity contribution in [3.8, 4) is 5.69 Å². The Morgan fingerprint density at radius 1 is 0.968 bits per heavy atom. The van der Waals surface area contributed by atoms with Gasteiger partial charge in [-0.25, -0.2) is 0 Å². The van der Waals surface area contributed by atoms with E-state index in [1.807, 2.05) is 54.6 Å². The summed E-state index contributed by atoms with van der Waals surface area (Å²) in [6, 6.07) is 23.9. The number of fused-ring (bicyclic) bond motifs is 3. The second-order valence-corrected chi connectivity index (χ2v) is 7.96. The quantitative estimate of drug-likeness (QED) is 0.326. The Kier molecular flexibility index (Phi) is 5.05. The molecule has 0 spiro atoms. The number of nitrogens with one attached hydrogen (secondary N) is 1. The highest BCUT2D eigenvalue weighted by molar-refractivity contribution is 7.98. The third-order valence-electron chi connectivity index (χ3n) is 4.88. The highest BCUT2D eigenvalue weighted by Gasteiger charge is 2.13. The molecule has 1 N–H and O–H groups in total. The molecule has 0 saturated carbocycles. The molecule has 7 nitrogen and oxygen atoms in total. The van der Waals surface area contributed by atoms with Gasteiger partial charge in [-0.1, -0.05) is 60.3 Å². The summed E-state index contributed by atoms with van der Waals surface area (Å²) in [7, 11) is 0. The predicted molar refractivity (Wildman–Crippen MR) is 122 cm³/mol. The van der Waals surface area contributed by atoms with Gasteiger partial charge in [-0.15, -0.1) is 5.10 Å². The van der Waals surface area contributed by atoms with Gasteiger partial charge in [0.2, 0.25) is 11.1 Å². The van der Waals surface area contributed by atoms with Crippen LogP contribution in [0.15, 0.2) is 78.0 Å². The van der Waals surface area contributed by atoms with Gasteiger partial charge in [0.25, 0.3) is 0 Å². The zero-order chi connectivity index (χ0) is 21.2. The maximum atomic E-state index is 11.4. The first-order chi connectivity index (χ1) is 15.2. The fourth-order valence-corrected chi connectivity index (χ4v) is 4.41. The molecule has 3 aromatic carbocycles. The topological polar surface area (TPSA) is 85.6 Å². The molecule has 0 aliphatic heterocycles. The molecular formula is C23H18N6OS. The van der Waals surface area contributed by atoms with Crippen molar-refractivity contribution in [1.29, 1.82) is 0 Å². The number of anilines is 1. The number of rotatable bonds is 5. The molecule has 31 heavy (non-hydrogen) atoms. The Hall–Kier alpha value is -3.78. The van der Waals surface area contributed by atoms with Crippen LogP contribution >= 0.6 is 11.8 Å². The van der Waals surface area contributed by atoms with Gasteiger partial charge < -0.3 is 5.32 Å². The van der Waals surface area contributed by atoms with E-state index in [-0.39, 0.29) is 5.91 Å². The lowest BCUT2D eigenvalue weighted by molar-refractivity contribution is -0.114. The molecule has 0 atom stereocenters. The molecular weight excluding hydrogens is 408 g/mol. The largest absolute Gasteiger partial charge is 0.326 e. The lowest BCUT2D eigenvalue weighted by Crippen LogP contribution is -2.07. The van der Waals surface area contributed by atoms with Gasteiger partial charge in [0.1, 0.15) is 0 Å². The molecule has 5 aromatic rings. The smallest absolute Gasteiger partial charge is 0.221 e. The third kappa shape index (κ3) is 3.85. The first-order valence-corrected chi connectivity index (χ1v) is 10.7. The van der Waals surface area contributed by atoms with Crippen LogP contribution < -0.4 is 5.32 Å². The minimum Gasteiger partial charge on any atom is -0.326 e. The summed E-state index contributed by atoms with van der Waals surface area (Å²) in [6.45, 7) is 1.48. The molecule has 0 radical (unpaired) electrons. The highest BCUT2D eigenvalue weighted by atomic mass is 32.2. The standard InChI is InChI=1S/C23H18N6OS/c1-15(30)24-16-7-6-8-17(13-16)29-23(26-27-28-29)31-14-22-20-11-3-2-9-18(20)19-10-4-5-12-21(19)25-22/h2-13H,14H2,1H3,(H,24,30). The summed E-state index contributed by atoms with van der Waals surface area (Å²) in [5.74, 6) is 0.495. The molecule has 0 bridgehead atoms. The second-order valence-electron chi connectivity index (χ2n) is 7.01. The average Bonchev–Trinajstić information content (AvgIpc) is 3.26. The lowest BCUT2D eigenvalue weighted by atomic mass is 10.0. The van der Waals surface area contributed by atoms with Crippen LogP contribution in [0.2, 0.25) is 0 Å². The van der Waals surface area contributed by atoms with E-state index in [0.717, 1.165) is 27.7 Å². The van der Waals surface area contributed by atoms with E-state index in [1.165, 1.54) is 24.1 Å². The Morgan fingerprint density at radius 2 is 1.74 bits per heavy atom. The Morgan fingerprint density at radius 3 is 2.58 bits per heavy atom. The SMILES string of the molecule is CC(=O)Nc1cccc(-n2nnnc2SCc2nc3ccccc3c3ccccc23)c1. The Balaban J connectivity index is 1.47. The number of hydrogen-bond donors (Lipinski definition) is 1.